The van der Waals surface area contributed by atoms with Gasteiger partial charge in [-0.2, -0.15) is 0 Å². The Morgan fingerprint density at radius 3 is 3.00 bits per heavy atom. The van der Waals surface area contributed by atoms with Gasteiger partial charge in [0.1, 0.15) is 0 Å². The van der Waals surface area contributed by atoms with Crippen LogP contribution in [0.5, 0.6) is 0 Å². The van der Waals surface area contributed by atoms with E-state index >= 15 is 0 Å². The fourth-order valence-corrected chi connectivity index (χ4v) is 1.83. The highest BCUT2D eigenvalue weighted by Crippen LogP contribution is 2.17. The lowest BCUT2D eigenvalue weighted by Gasteiger charge is -2.04. The molecule has 0 saturated carbocycles. The second-order valence-corrected chi connectivity index (χ2v) is 4.64. The Morgan fingerprint density at radius 2 is 2.29 bits per heavy atom. The molecule has 1 aromatic rings. The minimum atomic E-state index is 0.754. The summed E-state index contributed by atoms with van der Waals surface area (Å²) >= 11 is 6.07. The van der Waals surface area contributed by atoms with Gasteiger partial charge in [0, 0.05) is 12.4 Å². The minimum Gasteiger partial charge on any atom is -0.316 e. The van der Waals surface area contributed by atoms with Gasteiger partial charge in [-0.15, -0.1) is 0 Å². The maximum atomic E-state index is 6.07. The fourth-order valence-electron chi connectivity index (χ4n) is 1.64. The number of pyridine rings is 1. The molecule has 1 N–H and O–H groups in total. The van der Waals surface area contributed by atoms with Gasteiger partial charge in [-0.1, -0.05) is 30.2 Å². The fraction of sp³-hybridized carbons (Fsp3) is 0.500. The van der Waals surface area contributed by atoms with Crippen molar-refractivity contribution in [3.05, 3.63) is 40.7 Å². The molecule has 0 aliphatic carbocycles. The molecule has 0 atom stereocenters. The number of hydrogen-bond donors (Lipinski definition) is 1. The highest BCUT2D eigenvalue weighted by molar-refractivity contribution is 6.31. The molecule has 1 heterocycles. The summed E-state index contributed by atoms with van der Waals surface area (Å²) in [6.45, 7) is 6.48. The van der Waals surface area contributed by atoms with Crippen LogP contribution in [-0.4, -0.2) is 18.1 Å². The molecule has 2 nitrogen and oxygen atoms in total. The van der Waals surface area contributed by atoms with E-state index in [0.29, 0.717) is 0 Å². The normalized spacial score (nSPS) is 11.8. The molecule has 0 unspecified atom stereocenters. The van der Waals surface area contributed by atoms with Crippen molar-refractivity contribution in [1.29, 1.82) is 0 Å². The van der Waals surface area contributed by atoms with Crippen molar-refractivity contribution in [3.63, 3.8) is 0 Å². The second kappa shape index (κ2) is 8.26. The quantitative estimate of drug-likeness (QED) is 0.592. The lowest BCUT2D eigenvalue weighted by atomic mass is 10.1. The third-order valence-corrected chi connectivity index (χ3v) is 2.91. The first kappa shape index (κ1) is 14.2. The van der Waals surface area contributed by atoms with E-state index in [1.54, 1.807) is 12.4 Å². The monoisotopic (exact) mass is 252 g/mol. The van der Waals surface area contributed by atoms with Gasteiger partial charge in [-0.05, 0) is 50.9 Å². The summed E-state index contributed by atoms with van der Waals surface area (Å²) in [7, 11) is 0. The molecule has 0 saturated heterocycles. The molecule has 0 fully saturated rings. The summed E-state index contributed by atoms with van der Waals surface area (Å²) in [6.07, 6.45) is 8.95. The van der Waals surface area contributed by atoms with E-state index in [1.807, 2.05) is 6.07 Å². The molecule has 0 amide bonds. The van der Waals surface area contributed by atoms with Crippen LogP contribution >= 0.6 is 11.6 Å². The van der Waals surface area contributed by atoms with Crippen LogP contribution in [0.3, 0.4) is 0 Å². The van der Waals surface area contributed by atoms with Crippen molar-refractivity contribution < 1.29 is 0 Å². The van der Waals surface area contributed by atoms with Gasteiger partial charge < -0.3 is 5.32 Å². The van der Waals surface area contributed by atoms with E-state index in [4.69, 9.17) is 11.6 Å². The zero-order chi connectivity index (χ0) is 12.5. The van der Waals surface area contributed by atoms with Crippen LogP contribution < -0.4 is 5.32 Å². The largest absolute Gasteiger partial charge is 0.316 e. The van der Waals surface area contributed by atoms with Crippen LogP contribution in [0.1, 0.15) is 32.3 Å². The topological polar surface area (TPSA) is 24.9 Å². The summed E-state index contributed by atoms with van der Waals surface area (Å²) in [5.41, 5.74) is 2.51. The van der Waals surface area contributed by atoms with Crippen molar-refractivity contribution in [2.24, 2.45) is 0 Å². The summed E-state index contributed by atoms with van der Waals surface area (Å²) in [5, 5.41) is 4.14. The summed E-state index contributed by atoms with van der Waals surface area (Å²) in [5.74, 6) is 0. The van der Waals surface area contributed by atoms with E-state index in [9.17, 15) is 0 Å². The van der Waals surface area contributed by atoms with Crippen molar-refractivity contribution in [2.75, 3.05) is 13.1 Å². The summed E-state index contributed by atoms with van der Waals surface area (Å²) < 4.78 is 0. The third-order valence-electron chi connectivity index (χ3n) is 2.57. The standard InChI is InChI=1S/C14H21ClN2/c1-3-7-16-8-4-5-12(2)10-13-6-9-17-11-14(13)15/h5-6,9,11,16H,3-4,7-8,10H2,1-2H3. The van der Waals surface area contributed by atoms with Crippen LogP contribution in [0.4, 0.5) is 0 Å². The molecule has 0 aromatic carbocycles. The van der Waals surface area contributed by atoms with E-state index < -0.39 is 0 Å². The van der Waals surface area contributed by atoms with Crippen LogP contribution in [0, 0.1) is 0 Å². The smallest absolute Gasteiger partial charge is 0.0624 e. The molecule has 0 aliphatic heterocycles. The van der Waals surface area contributed by atoms with Crippen molar-refractivity contribution in [1.82, 2.24) is 10.3 Å². The van der Waals surface area contributed by atoms with Gasteiger partial charge in [-0.3, -0.25) is 4.98 Å². The summed E-state index contributed by atoms with van der Waals surface area (Å²) in [6, 6.07) is 1.98. The van der Waals surface area contributed by atoms with Crippen LogP contribution in [0.2, 0.25) is 5.02 Å². The Hall–Kier alpha value is -0.860. The molecule has 94 valence electrons. The number of hydrogen-bond acceptors (Lipinski definition) is 2. The third kappa shape index (κ3) is 5.85. The number of nitrogens with one attached hydrogen (secondary N) is 1. The van der Waals surface area contributed by atoms with Gasteiger partial charge in [-0.25, -0.2) is 0 Å². The van der Waals surface area contributed by atoms with Crippen LogP contribution in [0.15, 0.2) is 30.1 Å². The van der Waals surface area contributed by atoms with E-state index in [-0.39, 0.29) is 0 Å². The maximum absolute atomic E-state index is 6.07. The molecule has 0 aliphatic rings. The van der Waals surface area contributed by atoms with E-state index in [0.717, 1.165) is 36.5 Å². The Kier molecular flexibility index (Phi) is 6.90. The molecule has 3 heteroatoms. The van der Waals surface area contributed by atoms with Crippen molar-refractivity contribution in [3.8, 4) is 0 Å². The first-order chi connectivity index (χ1) is 8.24. The van der Waals surface area contributed by atoms with Gasteiger partial charge in [0.15, 0.2) is 0 Å². The highest BCUT2D eigenvalue weighted by Gasteiger charge is 1.99. The predicted octanol–water partition coefficient (Wildman–Crippen LogP) is 3.61. The molecule has 1 aromatic heterocycles. The van der Waals surface area contributed by atoms with Gasteiger partial charge in [0.25, 0.3) is 0 Å². The Labute approximate surface area is 109 Å². The van der Waals surface area contributed by atoms with Crippen LogP contribution in [0.25, 0.3) is 0 Å². The number of allylic oxidation sites excluding steroid dienone is 1. The molecular weight excluding hydrogens is 232 g/mol. The SMILES string of the molecule is CCCNCCC=C(C)Cc1ccncc1Cl. The zero-order valence-electron chi connectivity index (χ0n) is 10.7. The van der Waals surface area contributed by atoms with E-state index in [2.05, 4.69) is 30.2 Å². The maximum Gasteiger partial charge on any atom is 0.0624 e. The Balaban J connectivity index is 2.36. The lowest BCUT2D eigenvalue weighted by molar-refractivity contribution is 0.677. The van der Waals surface area contributed by atoms with Crippen LogP contribution in [-0.2, 0) is 6.42 Å². The summed E-state index contributed by atoms with van der Waals surface area (Å²) in [4.78, 5) is 3.99. The average Bonchev–Trinajstić information content (AvgIpc) is 2.32. The molecule has 1 rings (SSSR count). The van der Waals surface area contributed by atoms with E-state index in [1.165, 1.54) is 12.0 Å². The van der Waals surface area contributed by atoms with Gasteiger partial charge in [0.2, 0.25) is 0 Å². The first-order valence-electron chi connectivity index (χ1n) is 6.18. The average molecular weight is 253 g/mol. The predicted molar refractivity (Wildman–Crippen MR) is 74.5 cm³/mol. The molecule has 0 bridgehead atoms. The Morgan fingerprint density at radius 1 is 1.47 bits per heavy atom. The second-order valence-electron chi connectivity index (χ2n) is 4.23. The molecule has 17 heavy (non-hydrogen) atoms. The highest BCUT2D eigenvalue weighted by atomic mass is 35.5. The Bertz CT molecular complexity index is 361. The van der Waals surface area contributed by atoms with Crippen molar-refractivity contribution >= 4 is 11.6 Å². The lowest BCUT2D eigenvalue weighted by Crippen LogP contribution is -2.15. The number of rotatable bonds is 7. The van der Waals surface area contributed by atoms with Gasteiger partial charge in [0.05, 0.1) is 5.02 Å². The van der Waals surface area contributed by atoms with Crippen molar-refractivity contribution in [2.45, 2.75) is 33.1 Å². The molecule has 0 spiro atoms. The zero-order valence-corrected chi connectivity index (χ0v) is 11.4. The molecular formula is C14H21ClN2. The minimum absolute atomic E-state index is 0.754. The van der Waals surface area contributed by atoms with Gasteiger partial charge >= 0.3 is 0 Å². The first-order valence-corrected chi connectivity index (χ1v) is 6.56. The number of nitrogens with zero attached hydrogens (tertiary/aromatic N) is 1. The number of aromatic nitrogens is 1. The number of halogens is 1. The molecule has 0 radical (unpaired) electrons.